The van der Waals surface area contributed by atoms with Gasteiger partial charge in [-0.1, -0.05) is 18.6 Å². The molecule has 102 valence electrons. The molecule has 0 radical (unpaired) electrons. The van der Waals surface area contributed by atoms with Gasteiger partial charge in [0.25, 0.3) is 0 Å². The van der Waals surface area contributed by atoms with Gasteiger partial charge < -0.3 is 10.5 Å². The first-order valence-corrected chi connectivity index (χ1v) is 6.88. The zero-order chi connectivity index (χ0) is 13.1. The number of hydrogen-bond donors (Lipinski definition) is 1. The minimum Gasteiger partial charge on any atom is -0.367 e. The predicted molar refractivity (Wildman–Crippen MR) is 71.0 cm³/mol. The summed E-state index contributed by atoms with van der Waals surface area (Å²) in [7, 11) is 0. The molecule has 0 unspecified atom stereocenters. The number of primary amides is 1. The molecule has 1 aliphatic carbocycles. The maximum atomic E-state index is 11.2. The molecule has 0 saturated carbocycles. The zero-order valence-corrected chi connectivity index (χ0v) is 11.4. The Bertz CT molecular complexity index is 341. The molecule has 0 spiro atoms. The molecule has 2 N–H and O–H groups in total. The van der Waals surface area contributed by atoms with Crippen molar-refractivity contribution in [2.24, 2.45) is 17.6 Å². The summed E-state index contributed by atoms with van der Waals surface area (Å²) in [6.45, 7) is 7.74. The standard InChI is InChI=1S/C14H24N2O2/c1-10-4-3-5-11(2)12(10)8-16-6-7-18-13(9-16)14(15)17/h4,11-13H,3,5-9H2,1-2H3,(H2,15,17)/t11-,12-,13+/m0/s1. The normalized spacial score (nSPS) is 34.1. The van der Waals surface area contributed by atoms with Crippen molar-refractivity contribution >= 4 is 5.91 Å². The summed E-state index contributed by atoms with van der Waals surface area (Å²) in [5, 5.41) is 0. The molecule has 2 rings (SSSR count). The molecule has 1 heterocycles. The van der Waals surface area contributed by atoms with Crippen LogP contribution in [0.1, 0.15) is 26.7 Å². The van der Waals surface area contributed by atoms with Crippen LogP contribution in [0.2, 0.25) is 0 Å². The van der Waals surface area contributed by atoms with Gasteiger partial charge in [0.1, 0.15) is 6.10 Å². The molecule has 2 aliphatic rings. The van der Waals surface area contributed by atoms with E-state index in [1.807, 2.05) is 0 Å². The first kappa shape index (κ1) is 13.6. The van der Waals surface area contributed by atoms with Crippen molar-refractivity contribution in [1.82, 2.24) is 4.90 Å². The number of hydrogen-bond acceptors (Lipinski definition) is 3. The van der Waals surface area contributed by atoms with Gasteiger partial charge in [-0.15, -0.1) is 0 Å². The summed E-state index contributed by atoms with van der Waals surface area (Å²) in [4.78, 5) is 13.5. The highest BCUT2D eigenvalue weighted by molar-refractivity contribution is 5.79. The second kappa shape index (κ2) is 5.85. The summed E-state index contributed by atoms with van der Waals surface area (Å²) in [5.41, 5.74) is 6.81. The maximum Gasteiger partial charge on any atom is 0.247 e. The molecule has 4 nitrogen and oxygen atoms in total. The summed E-state index contributed by atoms with van der Waals surface area (Å²) in [6.07, 6.45) is 4.40. The molecule has 1 saturated heterocycles. The molecule has 3 atom stereocenters. The average molecular weight is 252 g/mol. The van der Waals surface area contributed by atoms with E-state index in [0.717, 1.165) is 19.0 Å². The Balaban J connectivity index is 1.94. The molecule has 0 aromatic heterocycles. The second-order valence-corrected chi connectivity index (χ2v) is 5.63. The lowest BCUT2D eigenvalue weighted by atomic mass is 9.79. The third-order valence-electron chi connectivity index (χ3n) is 4.28. The summed E-state index contributed by atoms with van der Waals surface area (Å²) < 4.78 is 5.38. The van der Waals surface area contributed by atoms with Crippen LogP contribution in [0.3, 0.4) is 0 Å². The van der Waals surface area contributed by atoms with Crippen LogP contribution in [0.15, 0.2) is 11.6 Å². The van der Waals surface area contributed by atoms with Crippen molar-refractivity contribution in [3.8, 4) is 0 Å². The molecule has 4 heteroatoms. The molecular weight excluding hydrogens is 228 g/mol. The first-order valence-electron chi connectivity index (χ1n) is 6.88. The molecular formula is C14H24N2O2. The fraction of sp³-hybridized carbons (Fsp3) is 0.786. The molecule has 0 aromatic carbocycles. The number of morpholine rings is 1. The van der Waals surface area contributed by atoms with E-state index < -0.39 is 6.10 Å². The minimum atomic E-state index is -0.429. The van der Waals surface area contributed by atoms with Gasteiger partial charge in [0, 0.05) is 19.6 Å². The Labute approximate surface area is 109 Å². The lowest BCUT2D eigenvalue weighted by Gasteiger charge is -2.37. The second-order valence-electron chi connectivity index (χ2n) is 5.63. The van der Waals surface area contributed by atoms with Gasteiger partial charge >= 0.3 is 0 Å². The van der Waals surface area contributed by atoms with Crippen molar-refractivity contribution in [3.05, 3.63) is 11.6 Å². The topological polar surface area (TPSA) is 55.6 Å². The Hall–Kier alpha value is -0.870. The minimum absolute atomic E-state index is 0.344. The fourth-order valence-corrected chi connectivity index (χ4v) is 3.02. The number of amides is 1. The van der Waals surface area contributed by atoms with Gasteiger partial charge in [-0.2, -0.15) is 0 Å². The monoisotopic (exact) mass is 252 g/mol. The molecule has 0 bridgehead atoms. The number of nitrogens with zero attached hydrogens (tertiary/aromatic N) is 1. The highest BCUT2D eigenvalue weighted by Crippen LogP contribution is 2.31. The number of allylic oxidation sites excluding steroid dienone is 1. The van der Waals surface area contributed by atoms with Crippen molar-refractivity contribution in [3.63, 3.8) is 0 Å². The van der Waals surface area contributed by atoms with Crippen molar-refractivity contribution < 1.29 is 9.53 Å². The van der Waals surface area contributed by atoms with E-state index in [1.54, 1.807) is 0 Å². The van der Waals surface area contributed by atoms with Gasteiger partial charge in [-0.05, 0) is 31.6 Å². The van der Waals surface area contributed by atoms with Crippen molar-refractivity contribution in [1.29, 1.82) is 0 Å². The van der Waals surface area contributed by atoms with Crippen LogP contribution >= 0.6 is 0 Å². The molecule has 18 heavy (non-hydrogen) atoms. The Morgan fingerprint density at radius 1 is 1.61 bits per heavy atom. The van der Waals surface area contributed by atoms with Crippen LogP contribution in [-0.4, -0.2) is 43.2 Å². The van der Waals surface area contributed by atoms with Crippen LogP contribution in [0.4, 0.5) is 0 Å². The van der Waals surface area contributed by atoms with Gasteiger partial charge in [-0.25, -0.2) is 0 Å². The maximum absolute atomic E-state index is 11.2. The quantitative estimate of drug-likeness (QED) is 0.767. The summed E-state index contributed by atoms with van der Waals surface area (Å²) in [6, 6.07) is 0. The van der Waals surface area contributed by atoms with Crippen molar-refractivity contribution in [2.45, 2.75) is 32.8 Å². The Morgan fingerprint density at radius 3 is 3.06 bits per heavy atom. The van der Waals surface area contributed by atoms with Crippen molar-refractivity contribution in [2.75, 3.05) is 26.2 Å². The number of carbonyl (C=O) groups excluding carboxylic acids is 1. The lowest BCUT2D eigenvalue weighted by molar-refractivity contribution is -0.135. The third kappa shape index (κ3) is 3.12. The van der Waals surface area contributed by atoms with E-state index in [1.165, 1.54) is 18.4 Å². The highest BCUT2D eigenvalue weighted by Gasteiger charge is 2.29. The third-order valence-corrected chi connectivity index (χ3v) is 4.28. The van der Waals surface area contributed by atoms with E-state index in [9.17, 15) is 4.79 Å². The Morgan fingerprint density at radius 2 is 2.39 bits per heavy atom. The smallest absolute Gasteiger partial charge is 0.247 e. The van der Waals surface area contributed by atoms with E-state index in [2.05, 4.69) is 24.8 Å². The SMILES string of the molecule is CC1=CCC[C@H](C)[C@H]1CN1CCO[C@@H](C(N)=O)C1. The van der Waals surface area contributed by atoms with Crippen LogP contribution < -0.4 is 5.73 Å². The number of carbonyl (C=O) groups is 1. The van der Waals surface area contributed by atoms with Gasteiger partial charge in [0.05, 0.1) is 6.61 Å². The van der Waals surface area contributed by atoms with E-state index >= 15 is 0 Å². The fourth-order valence-electron chi connectivity index (χ4n) is 3.02. The molecule has 0 aromatic rings. The number of rotatable bonds is 3. The van der Waals surface area contributed by atoms with Crippen LogP contribution in [-0.2, 0) is 9.53 Å². The van der Waals surface area contributed by atoms with E-state index in [-0.39, 0.29) is 5.91 Å². The van der Waals surface area contributed by atoms with Crippen LogP contribution in [0.5, 0.6) is 0 Å². The van der Waals surface area contributed by atoms with Gasteiger partial charge in [-0.3, -0.25) is 9.69 Å². The predicted octanol–water partition coefficient (Wildman–Crippen LogP) is 1.16. The lowest BCUT2D eigenvalue weighted by Crippen LogP contribution is -2.50. The summed E-state index contributed by atoms with van der Waals surface area (Å²) in [5.74, 6) is 0.999. The summed E-state index contributed by atoms with van der Waals surface area (Å²) >= 11 is 0. The van der Waals surface area contributed by atoms with Gasteiger partial charge in [0.15, 0.2) is 0 Å². The molecule has 1 aliphatic heterocycles. The largest absolute Gasteiger partial charge is 0.367 e. The van der Waals surface area contributed by atoms with Crippen LogP contribution in [0, 0.1) is 11.8 Å². The van der Waals surface area contributed by atoms with E-state index in [4.69, 9.17) is 10.5 Å². The Kier molecular flexibility index (Phi) is 4.40. The average Bonchev–Trinajstić information content (AvgIpc) is 2.34. The number of ether oxygens (including phenoxy) is 1. The first-order chi connectivity index (χ1) is 8.58. The molecule has 1 amide bonds. The highest BCUT2D eigenvalue weighted by atomic mass is 16.5. The van der Waals surface area contributed by atoms with Gasteiger partial charge in [0.2, 0.25) is 5.91 Å². The number of nitrogens with two attached hydrogens (primary N) is 1. The molecule has 1 fully saturated rings. The zero-order valence-electron chi connectivity index (χ0n) is 11.4. The van der Waals surface area contributed by atoms with E-state index in [0.29, 0.717) is 19.1 Å². The van der Waals surface area contributed by atoms with Crippen LogP contribution in [0.25, 0.3) is 0 Å².